The van der Waals surface area contributed by atoms with Crippen LogP contribution >= 0.6 is 0 Å². The second kappa shape index (κ2) is 13.7. The molecular weight excluding hydrogens is 436 g/mol. The number of benzene rings is 2. The SMILES string of the molecule is CN(C)CC(=O)N[C@@H](CCc1ccccc1)C(=O)NCC(=O)N[C@@H](Cc1ccccc1)C(=O)O. The lowest BCUT2D eigenvalue weighted by Crippen LogP contribution is -2.52. The molecule has 0 fully saturated rings. The van der Waals surface area contributed by atoms with Crippen LogP contribution in [0.15, 0.2) is 60.7 Å². The Bertz CT molecular complexity index is 950. The quantitative estimate of drug-likeness (QED) is 0.341. The van der Waals surface area contributed by atoms with Crippen molar-refractivity contribution >= 4 is 23.7 Å². The number of carboxylic acid groups (broad SMARTS) is 1. The zero-order valence-electron chi connectivity index (χ0n) is 19.5. The van der Waals surface area contributed by atoms with E-state index in [1.807, 2.05) is 36.4 Å². The number of aryl methyl sites for hydroxylation is 1. The first-order valence-corrected chi connectivity index (χ1v) is 11.1. The lowest BCUT2D eigenvalue weighted by molar-refractivity contribution is -0.141. The van der Waals surface area contributed by atoms with E-state index in [9.17, 15) is 24.3 Å². The maximum Gasteiger partial charge on any atom is 0.326 e. The van der Waals surface area contributed by atoms with Gasteiger partial charge in [-0.1, -0.05) is 60.7 Å². The van der Waals surface area contributed by atoms with Gasteiger partial charge in [0.2, 0.25) is 17.7 Å². The molecule has 3 amide bonds. The average molecular weight is 469 g/mol. The topological polar surface area (TPSA) is 128 Å². The molecule has 182 valence electrons. The smallest absolute Gasteiger partial charge is 0.326 e. The maximum absolute atomic E-state index is 12.8. The second-order valence-corrected chi connectivity index (χ2v) is 8.25. The van der Waals surface area contributed by atoms with Crippen LogP contribution in [0, 0.1) is 0 Å². The standard InChI is InChI=1S/C25H32N4O5/c1-29(2)17-23(31)27-20(14-13-18-9-5-3-6-10-18)24(32)26-16-22(30)28-21(25(33)34)15-19-11-7-4-8-12-19/h3-12,20-21H,13-17H2,1-2H3,(H,26,32)(H,27,31)(H,28,30)(H,33,34)/t20-,21-/m0/s1. The van der Waals surface area contributed by atoms with E-state index in [-0.39, 0.29) is 18.9 Å². The van der Waals surface area contributed by atoms with Gasteiger partial charge in [0.15, 0.2) is 0 Å². The average Bonchev–Trinajstić information content (AvgIpc) is 2.80. The molecule has 0 aliphatic rings. The van der Waals surface area contributed by atoms with E-state index < -0.39 is 36.4 Å². The molecule has 0 aromatic heterocycles. The van der Waals surface area contributed by atoms with Gasteiger partial charge in [-0.05, 0) is 38.1 Å². The lowest BCUT2D eigenvalue weighted by Gasteiger charge is -2.20. The van der Waals surface area contributed by atoms with Crippen molar-refractivity contribution in [1.29, 1.82) is 0 Å². The van der Waals surface area contributed by atoms with Crippen molar-refractivity contribution in [3.63, 3.8) is 0 Å². The monoisotopic (exact) mass is 468 g/mol. The fourth-order valence-electron chi connectivity index (χ4n) is 3.34. The summed E-state index contributed by atoms with van der Waals surface area (Å²) in [6.45, 7) is -0.280. The minimum atomic E-state index is -1.17. The van der Waals surface area contributed by atoms with Gasteiger partial charge >= 0.3 is 5.97 Å². The largest absolute Gasteiger partial charge is 0.480 e. The van der Waals surface area contributed by atoms with Gasteiger partial charge in [-0.2, -0.15) is 0 Å². The van der Waals surface area contributed by atoms with Gasteiger partial charge in [0.05, 0.1) is 13.1 Å². The summed E-state index contributed by atoms with van der Waals surface area (Å²) in [4.78, 5) is 50.6. The van der Waals surface area contributed by atoms with Crippen molar-refractivity contribution in [2.24, 2.45) is 0 Å². The van der Waals surface area contributed by atoms with E-state index in [0.717, 1.165) is 11.1 Å². The molecule has 0 bridgehead atoms. The van der Waals surface area contributed by atoms with Gasteiger partial charge in [-0.25, -0.2) is 4.79 Å². The minimum absolute atomic E-state index is 0.120. The molecule has 0 radical (unpaired) electrons. The third-order valence-electron chi connectivity index (χ3n) is 5.02. The number of hydrogen-bond acceptors (Lipinski definition) is 5. The molecule has 4 N–H and O–H groups in total. The summed E-state index contributed by atoms with van der Waals surface area (Å²) >= 11 is 0. The van der Waals surface area contributed by atoms with Crippen molar-refractivity contribution in [3.05, 3.63) is 71.8 Å². The Morgan fingerprint density at radius 2 is 1.38 bits per heavy atom. The lowest BCUT2D eigenvalue weighted by atomic mass is 10.0. The number of likely N-dealkylation sites (N-methyl/N-ethyl adjacent to an activating group) is 1. The predicted octanol–water partition coefficient (Wildman–Crippen LogP) is 0.594. The molecule has 2 aromatic rings. The first-order valence-electron chi connectivity index (χ1n) is 11.1. The van der Waals surface area contributed by atoms with Crippen LogP contribution in [0.2, 0.25) is 0 Å². The number of carboxylic acids is 1. The van der Waals surface area contributed by atoms with Gasteiger partial charge < -0.3 is 26.0 Å². The molecule has 0 aliphatic carbocycles. The first kappa shape index (κ1) is 26.5. The highest BCUT2D eigenvalue weighted by Crippen LogP contribution is 2.06. The normalized spacial score (nSPS) is 12.4. The van der Waals surface area contributed by atoms with Crippen LogP contribution < -0.4 is 16.0 Å². The molecule has 34 heavy (non-hydrogen) atoms. The minimum Gasteiger partial charge on any atom is -0.480 e. The zero-order chi connectivity index (χ0) is 24.9. The number of nitrogens with zero attached hydrogens (tertiary/aromatic N) is 1. The third kappa shape index (κ3) is 9.83. The summed E-state index contributed by atoms with van der Waals surface area (Å²) in [5.74, 6) is -2.61. The fraction of sp³-hybridized carbons (Fsp3) is 0.360. The van der Waals surface area contributed by atoms with Crippen LogP contribution in [0.3, 0.4) is 0 Å². The maximum atomic E-state index is 12.8. The van der Waals surface area contributed by atoms with Crippen LogP contribution in [0.5, 0.6) is 0 Å². The van der Waals surface area contributed by atoms with Crippen molar-refractivity contribution < 1.29 is 24.3 Å². The van der Waals surface area contributed by atoms with E-state index in [1.165, 1.54) is 0 Å². The van der Waals surface area contributed by atoms with Crippen LogP contribution in [0.25, 0.3) is 0 Å². The van der Waals surface area contributed by atoms with E-state index in [0.29, 0.717) is 12.8 Å². The Morgan fingerprint density at radius 1 is 0.824 bits per heavy atom. The van der Waals surface area contributed by atoms with Crippen LogP contribution in [0.4, 0.5) is 0 Å². The zero-order valence-corrected chi connectivity index (χ0v) is 19.5. The summed E-state index contributed by atoms with van der Waals surface area (Å²) in [6.07, 6.45) is 1.03. The van der Waals surface area contributed by atoms with Gasteiger partial charge in [-0.3, -0.25) is 14.4 Å². The van der Waals surface area contributed by atoms with Crippen molar-refractivity contribution in [1.82, 2.24) is 20.9 Å². The van der Waals surface area contributed by atoms with Gasteiger partial charge in [-0.15, -0.1) is 0 Å². The summed E-state index contributed by atoms with van der Waals surface area (Å²) in [7, 11) is 3.49. The Labute approximate surface area is 199 Å². The highest BCUT2D eigenvalue weighted by Gasteiger charge is 2.24. The van der Waals surface area contributed by atoms with E-state index >= 15 is 0 Å². The summed E-state index contributed by atoms with van der Waals surface area (Å²) in [5.41, 5.74) is 1.79. The summed E-state index contributed by atoms with van der Waals surface area (Å²) < 4.78 is 0. The molecule has 0 heterocycles. The van der Waals surface area contributed by atoms with E-state index in [1.54, 1.807) is 43.3 Å². The molecule has 0 saturated heterocycles. The van der Waals surface area contributed by atoms with Crippen molar-refractivity contribution in [2.75, 3.05) is 27.2 Å². The second-order valence-electron chi connectivity index (χ2n) is 8.25. The molecule has 9 heteroatoms. The molecule has 0 aliphatic heterocycles. The molecular formula is C25H32N4O5. The molecule has 2 atom stereocenters. The van der Waals surface area contributed by atoms with E-state index in [2.05, 4.69) is 16.0 Å². The number of nitrogens with one attached hydrogen (secondary N) is 3. The Kier molecular flexibility index (Phi) is 10.7. The number of carbonyl (C=O) groups is 4. The number of aliphatic carboxylic acids is 1. The number of hydrogen-bond donors (Lipinski definition) is 4. The van der Waals surface area contributed by atoms with Crippen LogP contribution in [-0.4, -0.2) is 73.0 Å². The highest BCUT2D eigenvalue weighted by atomic mass is 16.4. The van der Waals surface area contributed by atoms with Crippen molar-refractivity contribution in [3.8, 4) is 0 Å². The Balaban J connectivity index is 1.93. The van der Waals surface area contributed by atoms with Crippen molar-refractivity contribution in [2.45, 2.75) is 31.3 Å². The first-order chi connectivity index (χ1) is 16.2. The number of carbonyl (C=O) groups excluding carboxylic acids is 3. The number of rotatable bonds is 13. The van der Waals surface area contributed by atoms with Gasteiger partial charge in [0.1, 0.15) is 12.1 Å². The Morgan fingerprint density at radius 3 is 1.94 bits per heavy atom. The Hall–Kier alpha value is -3.72. The molecule has 2 aromatic carbocycles. The molecule has 0 saturated carbocycles. The van der Waals surface area contributed by atoms with Crippen LogP contribution in [0.1, 0.15) is 17.5 Å². The molecule has 0 spiro atoms. The van der Waals surface area contributed by atoms with E-state index in [4.69, 9.17) is 0 Å². The fourth-order valence-corrected chi connectivity index (χ4v) is 3.34. The van der Waals surface area contributed by atoms with Crippen LogP contribution in [-0.2, 0) is 32.0 Å². The summed E-state index contributed by atoms with van der Waals surface area (Å²) in [6, 6.07) is 16.5. The highest BCUT2D eigenvalue weighted by molar-refractivity contribution is 5.92. The summed E-state index contributed by atoms with van der Waals surface area (Å²) in [5, 5.41) is 17.1. The third-order valence-corrected chi connectivity index (χ3v) is 5.02. The molecule has 0 unspecified atom stereocenters. The number of amides is 3. The van der Waals surface area contributed by atoms with Gasteiger partial charge in [0.25, 0.3) is 0 Å². The molecule has 9 nitrogen and oxygen atoms in total. The predicted molar refractivity (Wildman–Crippen MR) is 128 cm³/mol. The molecule has 2 rings (SSSR count). The van der Waals surface area contributed by atoms with Gasteiger partial charge in [0, 0.05) is 6.42 Å².